The summed E-state index contributed by atoms with van der Waals surface area (Å²) >= 11 is 0. The number of piperazine rings is 1. The highest BCUT2D eigenvalue weighted by Gasteiger charge is 2.38. The van der Waals surface area contributed by atoms with Crippen LogP contribution in [0, 0.1) is 5.92 Å². The molecule has 0 aromatic heterocycles. The predicted molar refractivity (Wildman–Crippen MR) is 64.1 cm³/mol. The Hall–Kier alpha value is -0.120. The molecule has 3 heteroatoms. The second-order valence-corrected chi connectivity index (χ2v) is 5.64. The highest BCUT2D eigenvalue weighted by Crippen LogP contribution is 2.31. The van der Waals surface area contributed by atoms with E-state index in [9.17, 15) is 0 Å². The normalized spacial score (nSPS) is 31.0. The Kier molecular flexibility index (Phi) is 3.33. The van der Waals surface area contributed by atoms with Crippen LogP contribution in [-0.4, -0.2) is 61.7 Å². The van der Waals surface area contributed by atoms with Gasteiger partial charge in [0.25, 0.3) is 0 Å². The maximum Gasteiger partial charge on any atom is 0.0195 e. The van der Waals surface area contributed by atoms with E-state index in [1.165, 1.54) is 32.6 Å². The van der Waals surface area contributed by atoms with Crippen LogP contribution in [-0.2, 0) is 0 Å². The molecule has 0 radical (unpaired) electrons. The Balaban J connectivity index is 1.97. The molecule has 0 aromatic carbocycles. The van der Waals surface area contributed by atoms with Crippen LogP contribution in [0.2, 0.25) is 0 Å². The van der Waals surface area contributed by atoms with Gasteiger partial charge in [-0.15, -0.1) is 0 Å². The average Bonchev–Trinajstić information content (AvgIpc) is 2.67. The number of likely N-dealkylation sites (tertiary alicyclic amines) is 1. The minimum atomic E-state index is 0.382. The fourth-order valence-corrected chi connectivity index (χ4v) is 3.01. The molecule has 2 fully saturated rings. The van der Waals surface area contributed by atoms with Crippen LogP contribution in [0.1, 0.15) is 20.3 Å². The third kappa shape index (κ3) is 2.35. The summed E-state index contributed by atoms with van der Waals surface area (Å²) in [7, 11) is 2.24. The lowest BCUT2D eigenvalue weighted by molar-refractivity contribution is 0.0544. The number of nitrogens with zero attached hydrogens (tertiary/aromatic N) is 2. The van der Waals surface area contributed by atoms with Gasteiger partial charge in [-0.3, -0.25) is 4.90 Å². The van der Waals surface area contributed by atoms with Gasteiger partial charge in [0.1, 0.15) is 0 Å². The van der Waals surface area contributed by atoms with E-state index in [0.717, 1.165) is 19.0 Å². The lowest BCUT2D eigenvalue weighted by atomic mass is 9.84. The Morgan fingerprint density at radius 1 is 1.13 bits per heavy atom. The third-order valence-corrected chi connectivity index (χ3v) is 4.32. The van der Waals surface area contributed by atoms with Crippen molar-refractivity contribution in [2.24, 2.45) is 5.92 Å². The molecule has 0 amide bonds. The molecule has 0 aliphatic carbocycles. The maximum atomic E-state index is 3.43. The van der Waals surface area contributed by atoms with Crippen molar-refractivity contribution in [2.75, 3.05) is 46.3 Å². The molecular weight excluding hydrogens is 186 g/mol. The molecule has 2 rings (SSSR count). The largest absolute Gasteiger partial charge is 0.314 e. The van der Waals surface area contributed by atoms with Gasteiger partial charge in [-0.1, -0.05) is 0 Å². The molecule has 0 spiro atoms. The van der Waals surface area contributed by atoms with Gasteiger partial charge in [0.2, 0.25) is 0 Å². The lowest BCUT2D eigenvalue weighted by Crippen LogP contribution is -2.56. The third-order valence-electron chi connectivity index (χ3n) is 4.32. The topological polar surface area (TPSA) is 18.5 Å². The molecule has 2 aliphatic rings. The fourth-order valence-electron chi connectivity index (χ4n) is 3.01. The maximum absolute atomic E-state index is 3.43. The summed E-state index contributed by atoms with van der Waals surface area (Å²) in [5.41, 5.74) is 0.382. The minimum Gasteiger partial charge on any atom is -0.314 e. The Morgan fingerprint density at radius 2 is 1.80 bits per heavy atom. The smallest absolute Gasteiger partial charge is 0.0195 e. The van der Waals surface area contributed by atoms with Gasteiger partial charge < -0.3 is 10.2 Å². The van der Waals surface area contributed by atoms with Crippen LogP contribution in [0.4, 0.5) is 0 Å². The van der Waals surface area contributed by atoms with E-state index in [0.29, 0.717) is 5.54 Å². The van der Waals surface area contributed by atoms with E-state index in [-0.39, 0.29) is 0 Å². The van der Waals surface area contributed by atoms with E-state index in [4.69, 9.17) is 0 Å². The first-order chi connectivity index (χ1) is 7.10. The molecule has 0 saturated carbocycles. The lowest BCUT2D eigenvalue weighted by Gasteiger charge is -2.45. The van der Waals surface area contributed by atoms with E-state index in [1.54, 1.807) is 0 Å². The van der Waals surface area contributed by atoms with Crippen LogP contribution in [0.3, 0.4) is 0 Å². The zero-order valence-electron chi connectivity index (χ0n) is 10.4. The van der Waals surface area contributed by atoms with Crippen LogP contribution in [0.15, 0.2) is 0 Å². The van der Waals surface area contributed by atoms with Gasteiger partial charge in [-0.2, -0.15) is 0 Å². The highest BCUT2D eigenvalue weighted by molar-refractivity contribution is 4.94. The van der Waals surface area contributed by atoms with Crippen LogP contribution >= 0.6 is 0 Å². The van der Waals surface area contributed by atoms with Gasteiger partial charge in [0, 0.05) is 38.3 Å². The summed E-state index contributed by atoms with van der Waals surface area (Å²) in [4.78, 5) is 5.14. The highest BCUT2D eigenvalue weighted by atomic mass is 15.3. The van der Waals surface area contributed by atoms with E-state index in [1.807, 2.05) is 0 Å². The monoisotopic (exact) mass is 211 g/mol. The molecule has 1 atom stereocenters. The average molecular weight is 211 g/mol. The molecule has 1 N–H and O–H groups in total. The first-order valence-corrected chi connectivity index (χ1v) is 6.25. The van der Waals surface area contributed by atoms with E-state index < -0.39 is 0 Å². The minimum absolute atomic E-state index is 0.382. The van der Waals surface area contributed by atoms with Crippen LogP contribution in [0.25, 0.3) is 0 Å². The van der Waals surface area contributed by atoms with Crippen molar-refractivity contribution in [2.45, 2.75) is 25.8 Å². The summed E-state index contributed by atoms with van der Waals surface area (Å²) < 4.78 is 0. The van der Waals surface area contributed by atoms with Gasteiger partial charge in [-0.25, -0.2) is 0 Å². The van der Waals surface area contributed by atoms with E-state index in [2.05, 4.69) is 36.0 Å². The summed E-state index contributed by atoms with van der Waals surface area (Å²) in [6.45, 7) is 12.2. The van der Waals surface area contributed by atoms with Crippen molar-refractivity contribution in [1.29, 1.82) is 0 Å². The van der Waals surface area contributed by atoms with Gasteiger partial charge >= 0.3 is 0 Å². The molecule has 2 saturated heterocycles. The second kappa shape index (κ2) is 4.40. The van der Waals surface area contributed by atoms with Crippen LogP contribution < -0.4 is 5.32 Å². The molecule has 0 aromatic rings. The van der Waals surface area contributed by atoms with Crippen molar-refractivity contribution in [3.05, 3.63) is 0 Å². The van der Waals surface area contributed by atoms with Crippen LogP contribution in [0.5, 0.6) is 0 Å². The summed E-state index contributed by atoms with van der Waals surface area (Å²) in [6.07, 6.45) is 1.37. The Bertz CT molecular complexity index is 202. The molecule has 2 aliphatic heterocycles. The van der Waals surface area contributed by atoms with Crippen molar-refractivity contribution in [1.82, 2.24) is 15.1 Å². The summed E-state index contributed by atoms with van der Waals surface area (Å²) in [5.74, 6) is 0.848. The zero-order valence-corrected chi connectivity index (χ0v) is 10.4. The van der Waals surface area contributed by atoms with Crippen molar-refractivity contribution < 1.29 is 0 Å². The molecule has 1 unspecified atom stereocenters. The standard InChI is InChI=1S/C12H25N3/c1-12(2,11-4-7-14(3)10-11)15-8-5-13-6-9-15/h11,13H,4-10H2,1-3H3. The van der Waals surface area contributed by atoms with Gasteiger partial charge in [0.05, 0.1) is 0 Å². The molecule has 3 nitrogen and oxygen atoms in total. The SMILES string of the molecule is CN1CCC(C(C)(C)N2CCNCC2)C1. The fraction of sp³-hybridized carbons (Fsp3) is 1.00. The Morgan fingerprint density at radius 3 is 2.33 bits per heavy atom. The summed E-state index contributed by atoms with van der Waals surface area (Å²) in [5, 5.41) is 3.43. The first kappa shape index (κ1) is 11.4. The predicted octanol–water partition coefficient (Wildman–Crippen LogP) is 0.622. The second-order valence-electron chi connectivity index (χ2n) is 5.64. The molecule has 15 heavy (non-hydrogen) atoms. The molecule has 0 bridgehead atoms. The van der Waals surface area contributed by atoms with Crippen molar-refractivity contribution in [3.63, 3.8) is 0 Å². The quantitative estimate of drug-likeness (QED) is 0.722. The number of hydrogen-bond acceptors (Lipinski definition) is 3. The first-order valence-electron chi connectivity index (χ1n) is 6.25. The number of hydrogen-bond donors (Lipinski definition) is 1. The number of rotatable bonds is 2. The molecule has 2 heterocycles. The van der Waals surface area contributed by atoms with Gasteiger partial charge in [-0.05, 0) is 39.8 Å². The molecular formula is C12H25N3. The van der Waals surface area contributed by atoms with Crippen molar-refractivity contribution in [3.8, 4) is 0 Å². The van der Waals surface area contributed by atoms with E-state index >= 15 is 0 Å². The number of nitrogens with one attached hydrogen (secondary N) is 1. The van der Waals surface area contributed by atoms with Crippen molar-refractivity contribution >= 4 is 0 Å². The molecule has 88 valence electrons. The Labute approximate surface area is 93.8 Å². The zero-order chi connectivity index (χ0) is 10.9. The summed E-state index contributed by atoms with van der Waals surface area (Å²) in [6, 6.07) is 0. The van der Waals surface area contributed by atoms with Gasteiger partial charge in [0.15, 0.2) is 0 Å².